The minimum Gasteiger partial charge on any atom is -0.451 e. The van der Waals surface area contributed by atoms with Crippen LogP contribution in [0.1, 0.15) is 24.0 Å². The zero-order chi connectivity index (χ0) is 18.4. The second kappa shape index (κ2) is 7.93. The third-order valence-electron chi connectivity index (χ3n) is 4.54. The van der Waals surface area contributed by atoms with Crippen LogP contribution in [0.2, 0.25) is 0 Å². The van der Waals surface area contributed by atoms with Crippen molar-refractivity contribution in [1.82, 2.24) is 5.32 Å². The van der Waals surface area contributed by atoms with Crippen molar-refractivity contribution in [2.24, 2.45) is 0 Å². The van der Waals surface area contributed by atoms with Gasteiger partial charge in [0, 0.05) is 25.0 Å². The van der Waals surface area contributed by atoms with E-state index in [1.54, 1.807) is 18.2 Å². The Morgan fingerprint density at radius 2 is 1.73 bits per heavy atom. The fraction of sp³-hybridized carbons (Fsp3) is 0.250. The van der Waals surface area contributed by atoms with Crippen LogP contribution in [0.25, 0.3) is 6.08 Å². The molecule has 0 atom stereocenters. The number of nitrogens with zero attached hydrogens (tertiary/aromatic N) is 1. The van der Waals surface area contributed by atoms with E-state index in [1.165, 1.54) is 18.2 Å². The maximum absolute atomic E-state index is 12.4. The lowest BCUT2D eigenvalue weighted by Crippen LogP contribution is -2.42. The lowest BCUT2D eigenvalue weighted by Gasteiger charge is -2.37. The molecule has 0 amide bonds. The van der Waals surface area contributed by atoms with Gasteiger partial charge in [-0.05, 0) is 30.8 Å². The zero-order valence-corrected chi connectivity index (χ0v) is 14.3. The van der Waals surface area contributed by atoms with Crippen LogP contribution in [0.5, 0.6) is 0 Å². The van der Waals surface area contributed by atoms with Crippen LogP contribution in [0.15, 0.2) is 60.7 Å². The molecule has 1 heterocycles. The predicted molar refractivity (Wildman–Crippen MR) is 98.4 cm³/mol. The molecule has 1 N–H and O–H groups in total. The van der Waals surface area contributed by atoms with E-state index in [1.807, 2.05) is 30.3 Å². The van der Waals surface area contributed by atoms with E-state index in [2.05, 4.69) is 5.32 Å². The summed E-state index contributed by atoms with van der Waals surface area (Å²) in [6.07, 6.45) is 4.06. The summed E-state index contributed by atoms with van der Waals surface area (Å²) in [7, 11) is 0. The molecule has 0 aliphatic carbocycles. The number of para-hydroxylation sites is 1. The van der Waals surface area contributed by atoms with Crippen LogP contribution in [-0.4, -0.2) is 24.0 Å². The highest BCUT2D eigenvalue weighted by atomic mass is 16.6. The van der Waals surface area contributed by atoms with Gasteiger partial charge in [0.1, 0.15) is 5.60 Å². The van der Waals surface area contributed by atoms with Crippen molar-refractivity contribution < 1.29 is 14.5 Å². The van der Waals surface area contributed by atoms with Crippen molar-refractivity contribution in [3.8, 4) is 0 Å². The van der Waals surface area contributed by atoms with E-state index >= 15 is 0 Å². The highest BCUT2D eigenvalue weighted by Crippen LogP contribution is 2.35. The SMILES string of the molecule is O=C(/C=C/c1ccccc1[N+](=O)[O-])OC1(c2ccccc2)CCNCC1. The first-order valence-electron chi connectivity index (χ1n) is 8.51. The third kappa shape index (κ3) is 3.97. The molecular formula is C20H20N2O4. The number of benzene rings is 2. The highest BCUT2D eigenvalue weighted by Gasteiger charge is 2.37. The number of hydrogen-bond acceptors (Lipinski definition) is 5. The molecule has 2 aromatic rings. The first kappa shape index (κ1) is 17.8. The standard InChI is InChI=1S/C20H20N2O4/c23-19(11-10-16-6-4-5-9-18(16)22(24)25)26-20(12-14-21-15-13-20)17-7-2-1-3-8-17/h1-11,21H,12-15H2/b11-10+. The monoisotopic (exact) mass is 352 g/mol. The summed E-state index contributed by atoms with van der Waals surface area (Å²) in [6, 6.07) is 16.0. The zero-order valence-electron chi connectivity index (χ0n) is 14.3. The van der Waals surface area contributed by atoms with Gasteiger partial charge in [0.25, 0.3) is 5.69 Å². The van der Waals surface area contributed by atoms with E-state index in [4.69, 9.17) is 4.74 Å². The van der Waals surface area contributed by atoms with Crippen molar-refractivity contribution in [2.45, 2.75) is 18.4 Å². The van der Waals surface area contributed by atoms with Gasteiger partial charge >= 0.3 is 5.97 Å². The number of carbonyl (C=O) groups is 1. The Morgan fingerprint density at radius 1 is 1.08 bits per heavy atom. The Labute approximate surface area is 151 Å². The van der Waals surface area contributed by atoms with Gasteiger partial charge in [-0.15, -0.1) is 0 Å². The fourth-order valence-corrected chi connectivity index (χ4v) is 3.20. The van der Waals surface area contributed by atoms with Gasteiger partial charge in [0.2, 0.25) is 0 Å². The molecule has 1 aliphatic heterocycles. The van der Waals surface area contributed by atoms with Gasteiger partial charge in [-0.3, -0.25) is 10.1 Å². The predicted octanol–water partition coefficient (Wildman–Crippen LogP) is 3.43. The smallest absolute Gasteiger partial charge is 0.331 e. The summed E-state index contributed by atoms with van der Waals surface area (Å²) < 4.78 is 5.85. The van der Waals surface area contributed by atoms with Crippen molar-refractivity contribution >= 4 is 17.7 Å². The fourth-order valence-electron chi connectivity index (χ4n) is 3.20. The summed E-state index contributed by atoms with van der Waals surface area (Å²) in [5, 5.41) is 14.3. The van der Waals surface area contributed by atoms with E-state index in [0.717, 1.165) is 18.7 Å². The van der Waals surface area contributed by atoms with Crippen molar-refractivity contribution in [3.05, 3.63) is 81.9 Å². The molecule has 0 unspecified atom stereocenters. The molecule has 0 saturated carbocycles. The molecule has 6 heteroatoms. The number of hydrogen-bond donors (Lipinski definition) is 1. The number of ether oxygens (including phenoxy) is 1. The maximum atomic E-state index is 12.4. The number of piperidine rings is 1. The summed E-state index contributed by atoms with van der Waals surface area (Å²) in [6.45, 7) is 1.52. The molecule has 6 nitrogen and oxygen atoms in total. The van der Waals surface area contributed by atoms with E-state index < -0.39 is 16.5 Å². The molecule has 26 heavy (non-hydrogen) atoms. The van der Waals surface area contributed by atoms with Crippen LogP contribution in [-0.2, 0) is 15.1 Å². The minimum absolute atomic E-state index is 0.0452. The van der Waals surface area contributed by atoms with Crippen LogP contribution in [0.3, 0.4) is 0 Å². The molecule has 1 saturated heterocycles. The number of carbonyl (C=O) groups excluding carboxylic acids is 1. The summed E-state index contributed by atoms with van der Waals surface area (Å²) in [4.78, 5) is 23.0. The quantitative estimate of drug-likeness (QED) is 0.386. The first-order chi connectivity index (χ1) is 12.6. The summed E-state index contributed by atoms with van der Waals surface area (Å²) >= 11 is 0. The number of nitro groups is 1. The number of nitrogens with one attached hydrogen (secondary N) is 1. The average Bonchev–Trinajstić information content (AvgIpc) is 2.68. The van der Waals surface area contributed by atoms with Crippen LogP contribution in [0, 0.1) is 10.1 Å². The van der Waals surface area contributed by atoms with Gasteiger partial charge in [0.15, 0.2) is 0 Å². The van der Waals surface area contributed by atoms with E-state index in [9.17, 15) is 14.9 Å². The first-order valence-corrected chi connectivity index (χ1v) is 8.51. The molecule has 134 valence electrons. The van der Waals surface area contributed by atoms with Crippen molar-refractivity contribution in [2.75, 3.05) is 13.1 Å². The Morgan fingerprint density at radius 3 is 2.42 bits per heavy atom. The number of esters is 1. The summed E-state index contributed by atoms with van der Waals surface area (Å²) in [5.41, 5.74) is 0.620. The summed E-state index contributed by atoms with van der Waals surface area (Å²) in [5.74, 6) is -0.506. The van der Waals surface area contributed by atoms with Crippen molar-refractivity contribution in [1.29, 1.82) is 0 Å². The molecule has 2 aromatic carbocycles. The van der Waals surface area contributed by atoms with E-state index in [0.29, 0.717) is 18.4 Å². The molecule has 0 spiro atoms. The lowest BCUT2D eigenvalue weighted by molar-refractivity contribution is -0.385. The highest BCUT2D eigenvalue weighted by molar-refractivity contribution is 5.88. The van der Waals surface area contributed by atoms with Gasteiger partial charge in [-0.25, -0.2) is 4.79 Å². The largest absolute Gasteiger partial charge is 0.451 e. The van der Waals surface area contributed by atoms with Gasteiger partial charge in [-0.1, -0.05) is 42.5 Å². The number of rotatable bonds is 5. The molecule has 3 rings (SSSR count). The van der Waals surface area contributed by atoms with Gasteiger partial charge in [0.05, 0.1) is 10.5 Å². The molecule has 0 radical (unpaired) electrons. The van der Waals surface area contributed by atoms with Gasteiger partial charge in [-0.2, -0.15) is 0 Å². The minimum atomic E-state index is -0.670. The second-order valence-electron chi connectivity index (χ2n) is 6.18. The maximum Gasteiger partial charge on any atom is 0.331 e. The van der Waals surface area contributed by atoms with E-state index in [-0.39, 0.29) is 5.69 Å². The van der Waals surface area contributed by atoms with Crippen molar-refractivity contribution in [3.63, 3.8) is 0 Å². The molecule has 0 aromatic heterocycles. The molecule has 1 aliphatic rings. The average molecular weight is 352 g/mol. The molecule has 1 fully saturated rings. The Kier molecular flexibility index (Phi) is 5.43. The second-order valence-corrected chi connectivity index (χ2v) is 6.18. The Bertz CT molecular complexity index is 812. The number of nitro benzene ring substituents is 1. The Balaban J connectivity index is 1.80. The van der Waals surface area contributed by atoms with Crippen LogP contribution >= 0.6 is 0 Å². The molecular weight excluding hydrogens is 332 g/mol. The third-order valence-corrected chi connectivity index (χ3v) is 4.54. The van der Waals surface area contributed by atoms with Gasteiger partial charge < -0.3 is 10.1 Å². The normalized spacial score (nSPS) is 16.3. The Hall–Kier alpha value is -2.99. The lowest BCUT2D eigenvalue weighted by atomic mass is 9.85. The van der Waals surface area contributed by atoms with Crippen LogP contribution < -0.4 is 5.32 Å². The topological polar surface area (TPSA) is 81.5 Å². The van der Waals surface area contributed by atoms with Crippen LogP contribution in [0.4, 0.5) is 5.69 Å². The molecule has 0 bridgehead atoms.